The first-order valence-electron chi connectivity index (χ1n) is 8.75. The topological polar surface area (TPSA) is 83.5 Å². The lowest BCUT2D eigenvalue weighted by Crippen LogP contribution is -2.36. The molecule has 1 aliphatic rings. The number of nitrogens with one attached hydrogen (secondary N) is 2. The Morgan fingerprint density at radius 2 is 2.19 bits per heavy atom. The van der Waals surface area contributed by atoms with Crippen LogP contribution in [-0.4, -0.2) is 36.6 Å². The van der Waals surface area contributed by atoms with Crippen molar-refractivity contribution in [2.75, 3.05) is 26.0 Å². The van der Waals surface area contributed by atoms with Gasteiger partial charge in [-0.1, -0.05) is 0 Å². The van der Waals surface area contributed by atoms with Crippen molar-refractivity contribution in [2.45, 2.75) is 24.8 Å². The molecule has 26 heavy (non-hydrogen) atoms. The number of amides is 2. The van der Waals surface area contributed by atoms with Crippen LogP contribution in [0.5, 0.6) is 0 Å². The van der Waals surface area contributed by atoms with E-state index in [1.807, 2.05) is 49.3 Å². The Bertz CT molecular complexity index is 897. The van der Waals surface area contributed by atoms with Crippen molar-refractivity contribution < 1.29 is 13.6 Å². The van der Waals surface area contributed by atoms with E-state index in [9.17, 15) is 4.79 Å². The molecule has 3 aromatic rings. The second-order valence-electron chi connectivity index (χ2n) is 6.84. The molecule has 0 saturated heterocycles. The zero-order chi connectivity index (χ0) is 18.1. The number of likely N-dealkylation sites (N-methyl/N-ethyl adjacent to an activating group) is 1. The van der Waals surface area contributed by atoms with Gasteiger partial charge >= 0.3 is 6.03 Å². The van der Waals surface area contributed by atoms with Gasteiger partial charge in [0.1, 0.15) is 11.3 Å². The van der Waals surface area contributed by atoms with Crippen LogP contribution in [0.2, 0.25) is 0 Å². The summed E-state index contributed by atoms with van der Waals surface area (Å²) in [5.74, 6) is 2.08. The molecule has 2 heterocycles. The van der Waals surface area contributed by atoms with E-state index >= 15 is 0 Å². The third kappa shape index (κ3) is 3.57. The molecule has 1 aromatic carbocycles. The fourth-order valence-corrected chi connectivity index (χ4v) is 2.91. The van der Waals surface area contributed by atoms with E-state index in [0.29, 0.717) is 18.2 Å². The summed E-state index contributed by atoms with van der Waals surface area (Å²) in [6.07, 6.45) is 3.92. The van der Waals surface area contributed by atoms with Crippen LogP contribution in [0.1, 0.15) is 36.5 Å². The van der Waals surface area contributed by atoms with Gasteiger partial charge < -0.3 is 19.5 Å². The van der Waals surface area contributed by atoms with Gasteiger partial charge in [0.2, 0.25) is 0 Å². The second kappa shape index (κ2) is 6.84. The number of nitrogens with zero attached hydrogens (tertiary/aromatic N) is 2. The zero-order valence-corrected chi connectivity index (χ0v) is 14.9. The molecule has 7 heteroatoms. The average Bonchev–Trinajstić information content (AvgIpc) is 3.15. The minimum Gasteiger partial charge on any atom is -0.468 e. The van der Waals surface area contributed by atoms with E-state index in [2.05, 4.69) is 15.6 Å². The molecule has 4 rings (SSSR count). The second-order valence-corrected chi connectivity index (χ2v) is 6.84. The van der Waals surface area contributed by atoms with Gasteiger partial charge in [0.25, 0.3) is 0 Å². The van der Waals surface area contributed by atoms with Gasteiger partial charge in [-0.15, -0.1) is 0 Å². The lowest BCUT2D eigenvalue weighted by Gasteiger charge is -2.22. The molecule has 0 spiro atoms. The van der Waals surface area contributed by atoms with E-state index in [-0.39, 0.29) is 12.1 Å². The molecule has 0 aliphatic heterocycles. The first-order chi connectivity index (χ1) is 12.6. The van der Waals surface area contributed by atoms with Crippen molar-refractivity contribution >= 4 is 22.8 Å². The number of anilines is 1. The standard InChI is InChI=1S/C19H22N4O3/c1-23(2)15(17-4-3-9-25-17)11-20-19(24)21-13-7-8-16-14(10-13)22-18(26-16)12-5-6-12/h3-4,7-10,12,15H,5-6,11H2,1-2H3,(H2,20,21,24). The van der Waals surface area contributed by atoms with E-state index in [4.69, 9.17) is 8.83 Å². The van der Waals surface area contributed by atoms with Crippen molar-refractivity contribution in [3.8, 4) is 0 Å². The molecule has 1 fully saturated rings. The highest BCUT2D eigenvalue weighted by molar-refractivity contribution is 5.91. The van der Waals surface area contributed by atoms with Crippen LogP contribution in [0.4, 0.5) is 10.5 Å². The predicted molar refractivity (Wildman–Crippen MR) is 98.1 cm³/mol. The molecule has 0 radical (unpaired) electrons. The van der Waals surface area contributed by atoms with E-state index in [1.165, 1.54) is 0 Å². The quantitative estimate of drug-likeness (QED) is 0.705. The monoisotopic (exact) mass is 354 g/mol. The van der Waals surface area contributed by atoms with Crippen molar-refractivity contribution in [3.63, 3.8) is 0 Å². The number of fused-ring (bicyclic) bond motifs is 1. The number of benzene rings is 1. The summed E-state index contributed by atoms with van der Waals surface area (Å²) in [6.45, 7) is 0.435. The number of rotatable bonds is 6. The number of urea groups is 1. The molecular weight excluding hydrogens is 332 g/mol. The summed E-state index contributed by atoms with van der Waals surface area (Å²) in [6, 6.07) is 8.94. The fourth-order valence-electron chi connectivity index (χ4n) is 2.91. The Labute approximate surface area is 151 Å². The molecule has 1 aliphatic carbocycles. The minimum absolute atomic E-state index is 0.0325. The van der Waals surface area contributed by atoms with Crippen LogP contribution < -0.4 is 10.6 Å². The first-order valence-corrected chi connectivity index (χ1v) is 8.75. The van der Waals surface area contributed by atoms with Crippen molar-refractivity contribution in [2.24, 2.45) is 0 Å². The number of furan rings is 1. The van der Waals surface area contributed by atoms with Crippen molar-refractivity contribution in [1.82, 2.24) is 15.2 Å². The summed E-state index contributed by atoms with van der Waals surface area (Å²) < 4.78 is 11.2. The van der Waals surface area contributed by atoms with Gasteiger partial charge in [0.15, 0.2) is 11.5 Å². The predicted octanol–water partition coefficient (Wildman–Crippen LogP) is 3.72. The number of carbonyl (C=O) groups is 1. The molecule has 2 N–H and O–H groups in total. The molecule has 7 nitrogen and oxygen atoms in total. The van der Waals surface area contributed by atoms with Gasteiger partial charge in [0, 0.05) is 18.2 Å². The number of oxazole rings is 1. The maximum Gasteiger partial charge on any atom is 0.319 e. The van der Waals surface area contributed by atoms with Crippen LogP contribution >= 0.6 is 0 Å². The normalized spacial score (nSPS) is 15.3. The molecule has 2 aromatic heterocycles. The number of hydrogen-bond acceptors (Lipinski definition) is 5. The Morgan fingerprint density at radius 3 is 2.88 bits per heavy atom. The summed E-state index contributed by atoms with van der Waals surface area (Å²) in [5, 5.41) is 5.73. The molecule has 1 saturated carbocycles. The van der Waals surface area contributed by atoms with Crippen molar-refractivity contribution in [1.29, 1.82) is 0 Å². The highest BCUT2D eigenvalue weighted by Crippen LogP contribution is 2.40. The molecule has 136 valence electrons. The van der Waals surface area contributed by atoms with Gasteiger partial charge in [-0.2, -0.15) is 0 Å². The van der Waals surface area contributed by atoms with E-state index < -0.39 is 0 Å². The molecule has 1 unspecified atom stereocenters. The summed E-state index contributed by atoms with van der Waals surface area (Å²) in [4.78, 5) is 18.8. The highest BCUT2D eigenvalue weighted by atomic mass is 16.3. The lowest BCUT2D eigenvalue weighted by molar-refractivity contribution is 0.233. The summed E-state index contributed by atoms with van der Waals surface area (Å²) in [7, 11) is 3.89. The smallest absolute Gasteiger partial charge is 0.319 e. The van der Waals surface area contributed by atoms with Crippen LogP contribution in [0.25, 0.3) is 11.1 Å². The number of hydrogen-bond donors (Lipinski definition) is 2. The van der Waals surface area contributed by atoms with Crippen LogP contribution in [0.15, 0.2) is 45.4 Å². The Hall–Kier alpha value is -2.80. The first kappa shape index (κ1) is 16.7. The Balaban J connectivity index is 1.38. The SMILES string of the molecule is CN(C)C(CNC(=O)Nc1ccc2oc(C3CC3)nc2c1)c1ccco1. The third-order valence-electron chi connectivity index (χ3n) is 4.54. The molecule has 0 bridgehead atoms. The van der Waals surface area contributed by atoms with Gasteiger partial charge in [0.05, 0.1) is 12.3 Å². The third-order valence-corrected chi connectivity index (χ3v) is 4.54. The van der Waals surface area contributed by atoms with Crippen LogP contribution in [0, 0.1) is 0 Å². The fraction of sp³-hybridized carbons (Fsp3) is 0.368. The Kier molecular flexibility index (Phi) is 4.38. The zero-order valence-electron chi connectivity index (χ0n) is 14.9. The summed E-state index contributed by atoms with van der Waals surface area (Å²) in [5.41, 5.74) is 2.21. The van der Waals surface area contributed by atoms with Gasteiger partial charge in [-0.3, -0.25) is 4.90 Å². The van der Waals surface area contributed by atoms with E-state index in [0.717, 1.165) is 35.6 Å². The number of carbonyl (C=O) groups excluding carboxylic acids is 1. The van der Waals surface area contributed by atoms with Crippen LogP contribution in [0.3, 0.4) is 0 Å². The van der Waals surface area contributed by atoms with Gasteiger partial charge in [-0.25, -0.2) is 9.78 Å². The number of aromatic nitrogens is 1. The van der Waals surface area contributed by atoms with E-state index in [1.54, 1.807) is 6.26 Å². The molecular formula is C19H22N4O3. The Morgan fingerprint density at radius 1 is 1.35 bits per heavy atom. The maximum atomic E-state index is 12.3. The average molecular weight is 354 g/mol. The van der Waals surface area contributed by atoms with Crippen molar-refractivity contribution in [3.05, 3.63) is 48.2 Å². The highest BCUT2D eigenvalue weighted by Gasteiger charge is 2.28. The largest absolute Gasteiger partial charge is 0.468 e. The lowest BCUT2D eigenvalue weighted by atomic mass is 10.2. The molecule has 2 amide bonds. The van der Waals surface area contributed by atoms with Gasteiger partial charge in [-0.05, 0) is 57.3 Å². The molecule has 1 atom stereocenters. The summed E-state index contributed by atoms with van der Waals surface area (Å²) >= 11 is 0. The maximum absolute atomic E-state index is 12.3. The van der Waals surface area contributed by atoms with Crippen LogP contribution in [-0.2, 0) is 0 Å². The minimum atomic E-state index is -0.270.